The van der Waals surface area contributed by atoms with Gasteiger partial charge in [-0.25, -0.2) is 4.79 Å². The predicted octanol–water partition coefficient (Wildman–Crippen LogP) is 4.62. The number of nitrogens with zero attached hydrogens (tertiary/aromatic N) is 1. The molecule has 2 aromatic rings. The van der Waals surface area contributed by atoms with Gasteiger partial charge >= 0.3 is 18.1 Å². The first-order valence-electron chi connectivity index (χ1n) is 12.4. The van der Waals surface area contributed by atoms with Gasteiger partial charge in [0.05, 0.1) is 40.2 Å². The molecular weight excluding hydrogens is 489 g/mol. The number of nitrogens with one attached hydrogen (secondary N) is 1. The van der Waals surface area contributed by atoms with Crippen LogP contribution < -0.4 is 5.32 Å². The molecule has 0 saturated carbocycles. The van der Waals surface area contributed by atoms with Gasteiger partial charge in [0, 0.05) is 6.42 Å². The molecule has 1 aromatic heterocycles. The van der Waals surface area contributed by atoms with Crippen molar-refractivity contribution < 1.29 is 41.2 Å². The Kier molecular flexibility index (Phi) is 10.9. The largest absolute Gasteiger partial charge is 0.491 e. The number of hydrogen-bond acceptors (Lipinski definition) is 5. The minimum atomic E-state index is -5.28. The zero-order valence-corrected chi connectivity index (χ0v) is 21.8. The molecule has 1 heterocycles. The number of carbonyl (C=O) groups excluding carboxylic acids is 3. The number of halogens is 3. The second-order valence-corrected chi connectivity index (χ2v) is 10.1. The van der Waals surface area contributed by atoms with Crippen LogP contribution >= 0.6 is 0 Å². The highest BCUT2D eigenvalue weighted by molar-refractivity contribution is 5.92. The van der Waals surface area contributed by atoms with Crippen LogP contribution in [0.1, 0.15) is 60.0 Å². The highest BCUT2D eigenvalue weighted by Crippen LogP contribution is 2.18. The molecule has 2 rings (SSSR count). The topological polar surface area (TPSA) is 85.6 Å². The van der Waals surface area contributed by atoms with Gasteiger partial charge in [0.25, 0.3) is 5.91 Å². The third kappa shape index (κ3) is 11.2. The van der Waals surface area contributed by atoms with Crippen LogP contribution in [0.15, 0.2) is 40.8 Å². The van der Waals surface area contributed by atoms with Crippen molar-refractivity contribution in [2.24, 2.45) is 0 Å². The fourth-order valence-electron chi connectivity index (χ4n) is 3.84. The Morgan fingerprint density at radius 3 is 2.14 bits per heavy atom. The van der Waals surface area contributed by atoms with Gasteiger partial charge < -0.3 is 19.0 Å². The van der Waals surface area contributed by atoms with Gasteiger partial charge in [-0.1, -0.05) is 44.0 Å². The number of likely N-dealkylation sites (N-methyl/N-ethyl adjacent to an activating group) is 1. The van der Waals surface area contributed by atoms with Crippen molar-refractivity contribution in [1.29, 1.82) is 0 Å². The minimum Gasteiger partial charge on any atom is -0.456 e. The summed E-state index contributed by atoms with van der Waals surface area (Å²) in [6.45, 7) is 2.38. The summed E-state index contributed by atoms with van der Waals surface area (Å²) in [4.78, 5) is 35.6. The Hall–Kier alpha value is -3.14. The van der Waals surface area contributed by atoms with Gasteiger partial charge in [0.15, 0.2) is 5.76 Å². The van der Waals surface area contributed by atoms with Gasteiger partial charge in [0.2, 0.25) is 0 Å². The van der Waals surface area contributed by atoms with Crippen molar-refractivity contribution in [3.8, 4) is 0 Å². The maximum Gasteiger partial charge on any atom is 0.491 e. The minimum absolute atomic E-state index is 0.0208. The smallest absolute Gasteiger partial charge is 0.456 e. The molecule has 0 fully saturated rings. The first-order chi connectivity index (χ1) is 17.3. The van der Waals surface area contributed by atoms with E-state index >= 15 is 0 Å². The molecule has 0 radical (unpaired) electrons. The number of quaternary nitrogens is 1. The lowest BCUT2D eigenvalue weighted by atomic mass is 10.0. The van der Waals surface area contributed by atoms with Crippen molar-refractivity contribution in [3.63, 3.8) is 0 Å². The lowest BCUT2D eigenvalue weighted by Gasteiger charge is -2.29. The zero-order valence-electron chi connectivity index (χ0n) is 21.8. The summed E-state index contributed by atoms with van der Waals surface area (Å²) < 4.78 is 47.0. The first-order valence-corrected chi connectivity index (χ1v) is 12.4. The van der Waals surface area contributed by atoms with Crippen molar-refractivity contribution in [2.45, 2.75) is 64.1 Å². The molecule has 1 N–H and O–H groups in total. The average Bonchev–Trinajstić information content (AvgIpc) is 3.26. The van der Waals surface area contributed by atoms with Gasteiger partial charge in [-0.15, -0.1) is 0 Å². The van der Waals surface area contributed by atoms with Crippen LogP contribution in [-0.2, 0) is 33.6 Å². The number of aryl methyl sites for hydroxylation is 3. The second kappa shape index (κ2) is 13.4. The van der Waals surface area contributed by atoms with Crippen molar-refractivity contribution in [1.82, 2.24) is 5.32 Å². The van der Waals surface area contributed by atoms with Gasteiger partial charge in [-0.05, 0) is 42.5 Å². The van der Waals surface area contributed by atoms with E-state index < -0.39 is 36.5 Å². The van der Waals surface area contributed by atoms with E-state index in [2.05, 4.69) is 41.2 Å². The molecular formula is C27H36F3N2O5+. The van der Waals surface area contributed by atoms with Crippen LogP contribution in [-0.4, -0.2) is 62.2 Å². The molecule has 0 aliphatic heterocycles. The third-order valence-corrected chi connectivity index (χ3v) is 5.59. The van der Waals surface area contributed by atoms with E-state index in [9.17, 15) is 27.6 Å². The van der Waals surface area contributed by atoms with Crippen molar-refractivity contribution >= 4 is 17.8 Å². The van der Waals surface area contributed by atoms with Crippen molar-refractivity contribution in [3.05, 3.63) is 59.0 Å². The summed E-state index contributed by atoms with van der Waals surface area (Å²) in [5.74, 6) is -3.95. The highest BCUT2D eigenvalue weighted by atomic mass is 19.4. The van der Waals surface area contributed by atoms with Crippen LogP contribution in [0, 0.1) is 0 Å². The number of amides is 1. The number of furan rings is 1. The van der Waals surface area contributed by atoms with E-state index in [4.69, 9.17) is 4.42 Å². The number of carbonyl (C=O) groups is 3. The Labute approximate surface area is 215 Å². The molecule has 1 amide bonds. The molecule has 204 valence electrons. The first kappa shape index (κ1) is 30.1. The molecule has 10 heteroatoms. The summed E-state index contributed by atoms with van der Waals surface area (Å²) in [5, 5.41) is 2.61. The SMILES string of the molecule is CCCCCc1ccc(CCc2ccc(C(=O)N[C@H](CC(=O)OC(=O)C(F)(F)F)C[N+](C)(C)C)o2)cc1. The van der Waals surface area contributed by atoms with E-state index in [1.165, 1.54) is 30.9 Å². The van der Waals surface area contributed by atoms with E-state index in [-0.39, 0.29) is 12.3 Å². The molecule has 37 heavy (non-hydrogen) atoms. The number of ether oxygens (including phenoxy) is 1. The molecule has 0 unspecified atom stereocenters. The molecule has 1 atom stereocenters. The van der Waals surface area contributed by atoms with Crippen LogP contribution in [0.5, 0.6) is 0 Å². The summed E-state index contributed by atoms with van der Waals surface area (Å²) in [7, 11) is 5.36. The summed E-state index contributed by atoms with van der Waals surface area (Å²) in [6.07, 6.45) is 0.0670. The maximum atomic E-state index is 12.7. The lowest BCUT2D eigenvalue weighted by molar-refractivity contribution is -0.871. The van der Waals surface area contributed by atoms with Crippen LogP contribution in [0.25, 0.3) is 0 Å². The maximum absolute atomic E-state index is 12.7. The van der Waals surface area contributed by atoms with Crippen LogP contribution in [0.3, 0.4) is 0 Å². The third-order valence-electron chi connectivity index (χ3n) is 5.59. The van der Waals surface area contributed by atoms with Gasteiger partial charge in [-0.3, -0.25) is 9.59 Å². The fourth-order valence-corrected chi connectivity index (χ4v) is 3.84. The molecule has 1 aromatic carbocycles. The van der Waals surface area contributed by atoms with Crippen molar-refractivity contribution in [2.75, 3.05) is 27.7 Å². The van der Waals surface area contributed by atoms with E-state index in [1.807, 2.05) is 0 Å². The molecule has 7 nitrogen and oxygen atoms in total. The van der Waals surface area contributed by atoms with Gasteiger partial charge in [-0.2, -0.15) is 13.2 Å². The number of rotatable bonds is 13. The normalized spacial score (nSPS) is 12.7. The molecule has 0 spiro atoms. The number of alkyl halides is 3. The molecule has 0 bridgehead atoms. The Balaban J connectivity index is 1.94. The molecule has 0 aliphatic rings. The predicted molar refractivity (Wildman–Crippen MR) is 132 cm³/mol. The number of benzene rings is 1. The second-order valence-electron chi connectivity index (χ2n) is 10.1. The summed E-state index contributed by atoms with van der Waals surface area (Å²) >= 11 is 0. The molecule has 0 saturated heterocycles. The lowest BCUT2D eigenvalue weighted by Crippen LogP contribution is -2.50. The summed E-state index contributed by atoms with van der Waals surface area (Å²) in [6, 6.07) is 10.8. The average molecular weight is 526 g/mol. The highest BCUT2D eigenvalue weighted by Gasteiger charge is 2.42. The Bertz CT molecular complexity index is 1040. The van der Waals surface area contributed by atoms with Crippen LogP contribution in [0.4, 0.5) is 13.2 Å². The fraction of sp³-hybridized carbons (Fsp3) is 0.519. The summed E-state index contributed by atoms with van der Waals surface area (Å²) in [5.41, 5.74) is 2.46. The number of unbranched alkanes of at least 4 members (excludes halogenated alkanes) is 2. The quantitative estimate of drug-likeness (QED) is 0.179. The van der Waals surface area contributed by atoms with E-state index in [0.29, 0.717) is 16.7 Å². The monoisotopic (exact) mass is 525 g/mol. The van der Waals surface area contributed by atoms with E-state index in [1.54, 1.807) is 27.2 Å². The van der Waals surface area contributed by atoms with Crippen LogP contribution in [0.2, 0.25) is 0 Å². The number of hydrogen-bond donors (Lipinski definition) is 1. The number of esters is 2. The standard InChI is InChI=1S/C27H35F3N2O5/c1-5-6-7-8-19-9-11-20(12-10-19)13-14-22-15-16-23(36-22)25(34)31-21(18-32(2,3)4)17-24(33)37-26(35)27(28,29)30/h9-12,15-16,21H,5-8,13-14,17-18H2,1-4H3/p+1/t21-/m1/s1. The molecule has 0 aliphatic carbocycles. The Morgan fingerprint density at radius 2 is 1.57 bits per heavy atom. The Morgan fingerprint density at radius 1 is 0.946 bits per heavy atom. The zero-order chi connectivity index (χ0) is 27.6. The van der Waals surface area contributed by atoms with E-state index in [0.717, 1.165) is 18.4 Å². The van der Waals surface area contributed by atoms with Gasteiger partial charge in [0.1, 0.15) is 5.76 Å².